The zero-order valence-electron chi connectivity index (χ0n) is 52.2. The second-order valence-electron chi connectivity index (χ2n) is 24.6. The van der Waals surface area contributed by atoms with Gasteiger partial charge in [-0.3, -0.25) is 14.4 Å². The molecule has 43 heteroatoms. The fraction of sp³-hybridized carbons (Fsp3) is 0.944. The van der Waals surface area contributed by atoms with Crippen molar-refractivity contribution in [3.05, 3.63) is 0 Å². The Labute approximate surface area is 549 Å². The van der Waals surface area contributed by atoms with Crippen LogP contribution in [0.1, 0.15) is 27.7 Å². The van der Waals surface area contributed by atoms with Crippen LogP contribution in [-0.4, -0.2) is 422 Å². The van der Waals surface area contributed by atoms with Crippen LogP contribution in [0.5, 0.6) is 0 Å². The number of hydrogen-bond donors (Lipinski definition) is 25. The summed E-state index contributed by atoms with van der Waals surface area (Å²) in [5.74, 6) is -2.56. The van der Waals surface area contributed by atoms with Crippen LogP contribution < -0.4 is 16.0 Å². The molecule has 8 fully saturated rings. The predicted molar refractivity (Wildman–Crippen MR) is 298 cm³/mol. The minimum Gasteiger partial charge on any atom is -0.394 e. The van der Waals surface area contributed by atoms with Crippen LogP contribution in [0.3, 0.4) is 0 Å². The van der Waals surface area contributed by atoms with Crippen molar-refractivity contribution in [3.8, 4) is 0 Å². The molecule has 8 rings (SSSR count). The van der Waals surface area contributed by atoms with Crippen molar-refractivity contribution in [2.24, 2.45) is 0 Å². The first-order chi connectivity index (χ1) is 45.8. The molecule has 0 aromatic rings. The zero-order valence-corrected chi connectivity index (χ0v) is 52.2. The molecule has 97 heavy (non-hydrogen) atoms. The quantitative estimate of drug-likeness (QED) is 0.0427. The van der Waals surface area contributed by atoms with Gasteiger partial charge in [0.2, 0.25) is 17.7 Å². The second-order valence-corrected chi connectivity index (χ2v) is 24.6. The van der Waals surface area contributed by atoms with Gasteiger partial charge in [-0.25, -0.2) is 0 Å². The van der Waals surface area contributed by atoms with Crippen molar-refractivity contribution < 1.29 is 198 Å². The first-order valence-electron chi connectivity index (χ1n) is 31.0. The molecule has 40 atom stereocenters. The fourth-order valence-electron chi connectivity index (χ4n) is 12.4. The Hall–Kier alpha value is -3.07. The molecule has 0 aliphatic carbocycles. The summed E-state index contributed by atoms with van der Waals surface area (Å²) in [5, 5.41) is 249. The summed E-state index contributed by atoms with van der Waals surface area (Å²) in [6.45, 7) is -2.87. The molecule has 0 unspecified atom stereocenters. The highest BCUT2D eigenvalue weighted by molar-refractivity contribution is 5.74. The van der Waals surface area contributed by atoms with Crippen LogP contribution >= 0.6 is 0 Å². The summed E-state index contributed by atoms with van der Waals surface area (Å²) in [6.07, 6.45) is -73.8. The van der Waals surface area contributed by atoms with E-state index in [4.69, 9.17) is 71.1 Å². The molecule has 3 amide bonds. The van der Waals surface area contributed by atoms with E-state index < -0.39 is 309 Å². The summed E-state index contributed by atoms with van der Waals surface area (Å²) in [4.78, 5) is 37.7. The second kappa shape index (κ2) is 34.5. The molecule has 8 saturated heterocycles. The highest BCUT2D eigenvalue weighted by atomic mass is 16.8. The minimum atomic E-state index is -2.49. The molecular weight excluding hydrogens is 1330 g/mol. The summed E-state index contributed by atoms with van der Waals surface area (Å²) < 4.78 is 88.0. The first kappa shape index (κ1) is 79.6. The lowest BCUT2D eigenvalue weighted by Crippen LogP contribution is -2.70. The highest BCUT2D eigenvalue weighted by Crippen LogP contribution is 2.38. The fourth-order valence-corrected chi connectivity index (χ4v) is 12.4. The van der Waals surface area contributed by atoms with E-state index in [2.05, 4.69) is 16.0 Å². The number of aliphatic hydroxyl groups excluding tert-OH is 22. The number of aliphatic hydroxyl groups is 22. The monoisotopic (exact) mass is 1420 g/mol. The van der Waals surface area contributed by atoms with Crippen molar-refractivity contribution in [1.29, 1.82) is 0 Å². The number of rotatable bonds is 24. The maximum absolute atomic E-state index is 13.0. The van der Waals surface area contributed by atoms with E-state index in [0.29, 0.717) is 0 Å². The molecule has 0 spiro atoms. The Bertz CT molecular complexity index is 2490. The molecule has 0 aromatic heterocycles. The van der Waals surface area contributed by atoms with E-state index in [9.17, 15) is 127 Å². The number of hydrogen-bond acceptors (Lipinski definition) is 40. The van der Waals surface area contributed by atoms with Gasteiger partial charge in [0.1, 0.15) is 189 Å². The molecule has 43 nitrogen and oxygen atoms in total. The predicted octanol–water partition coefficient (Wildman–Crippen LogP) is -17.0. The maximum Gasteiger partial charge on any atom is 0.217 e. The van der Waals surface area contributed by atoms with E-state index in [1.54, 1.807) is 0 Å². The SMILES string of the molecule is CC(=O)N[C@@H]1[C@@H](O)[C@H](O[C@@H]2O[C@H](CO)[C@@H](O[C@@H]3O[C@H](CO[C@H]4O[C@H](CO)[C@@H](O)[C@H](O)[C@@H]4O[C@@H]4O[C@H](CO)[C@@H](O)[C@H](O)[C@H]4NC(C)=O)[C@@H](O)[C@H](O[C@H]4O[C@H](CO)[C@@H](O)[C@H](O)[C@@H]4O[C@H]4O[C@H](CO)[C@@H](O)[C@H](O)[C@@H]4O)[C@@H]3O)[C@H](O)[C@H]2NC(C)=O)[C@@H](CO[C@@H]2O[C@@H](C)[C@@H](O)[C@@H](O)[C@@H]2O)O[C@H]1O. The Morgan fingerprint density at radius 2 is 0.639 bits per heavy atom. The van der Waals surface area contributed by atoms with Gasteiger partial charge in [0.25, 0.3) is 0 Å². The van der Waals surface area contributed by atoms with Crippen LogP contribution in [0.2, 0.25) is 0 Å². The molecule has 0 saturated carbocycles. The standard InChI is InChI=1S/C54H91N3O40/c1-12-26(66)35(75)39(79)50(85-12)83-11-22-43(33(73)23(47(82)86-22)55-13(2)63)93-49-25(57-15(4)65)34(74)42(20(9-62)91-49)94-52-41(81)44(95-54-46(38(78)30(70)19(8-61)90-54)97-51-40(80)36(76)28(68)17(6-59)88-51)31(71)21(92-52)10-84-53-45(37(77)29(69)18(7-60)89-53)96-48-24(56-14(3)64)32(72)27(67)16(5-58)87-48/h12,16-54,58-62,66-82H,5-11H2,1-4H3,(H,55,63)(H,56,64)(H,57,65)/t12-,16+,17+,18+,19+,20+,21+,22+,23+,24+,25+,26+,27+,28+,29+,30+,31+,32+,33+,34+,35+,36-,37-,38-,39-,40-,41-,42+,43+,44-,45-,46-,47+,48-,49-,50+,51+,52-,53-,54+/m0/s1. The summed E-state index contributed by atoms with van der Waals surface area (Å²) in [6, 6.07) is -5.33. The number of amides is 3. The first-order valence-corrected chi connectivity index (χ1v) is 31.0. The number of carbonyl (C=O) groups is 3. The summed E-state index contributed by atoms with van der Waals surface area (Å²) in [5.41, 5.74) is 0. The lowest BCUT2D eigenvalue weighted by molar-refractivity contribution is -0.399. The average molecular weight is 1420 g/mol. The summed E-state index contributed by atoms with van der Waals surface area (Å²) in [7, 11) is 0. The van der Waals surface area contributed by atoms with E-state index in [-0.39, 0.29) is 0 Å². The van der Waals surface area contributed by atoms with Crippen LogP contribution in [0.4, 0.5) is 0 Å². The van der Waals surface area contributed by atoms with E-state index in [1.165, 1.54) is 6.92 Å². The third-order valence-corrected chi connectivity index (χ3v) is 17.8. The molecule has 0 radical (unpaired) electrons. The van der Waals surface area contributed by atoms with Crippen LogP contribution in [0.25, 0.3) is 0 Å². The van der Waals surface area contributed by atoms with Crippen LogP contribution in [0.15, 0.2) is 0 Å². The van der Waals surface area contributed by atoms with E-state index in [1.807, 2.05) is 0 Å². The van der Waals surface area contributed by atoms with Crippen LogP contribution in [0, 0.1) is 0 Å². The van der Waals surface area contributed by atoms with E-state index >= 15 is 0 Å². The molecule has 0 bridgehead atoms. The maximum atomic E-state index is 13.0. The van der Waals surface area contributed by atoms with Gasteiger partial charge >= 0.3 is 0 Å². The molecule has 0 aromatic carbocycles. The Kier molecular flexibility index (Phi) is 28.3. The van der Waals surface area contributed by atoms with Gasteiger partial charge in [-0.15, -0.1) is 0 Å². The van der Waals surface area contributed by atoms with Gasteiger partial charge < -0.3 is 199 Å². The van der Waals surface area contributed by atoms with Crippen molar-refractivity contribution in [3.63, 3.8) is 0 Å². The van der Waals surface area contributed by atoms with Gasteiger partial charge in [-0.1, -0.05) is 0 Å². The van der Waals surface area contributed by atoms with Gasteiger partial charge in [0, 0.05) is 20.8 Å². The van der Waals surface area contributed by atoms with Crippen molar-refractivity contribution in [2.75, 3.05) is 46.2 Å². The molecule has 8 aliphatic heterocycles. The Morgan fingerprint density at radius 1 is 0.289 bits per heavy atom. The number of carbonyl (C=O) groups excluding carboxylic acids is 3. The Morgan fingerprint density at radius 3 is 1.19 bits per heavy atom. The van der Waals surface area contributed by atoms with Gasteiger partial charge in [0.05, 0.1) is 52.4 Å². The Balaban J connectivity index is 1.12. The molecule has 8 aliphatic rings. The number of ether oxygens (including phenoxy) is 15. The van der Waals surface area contributed by atoms with Crippen molar-refractivity contribution in [1.82, 2.24) is 16.0 Å². The third-order valence-electron chi connectivity index (χ3n) is 17.8. The number of nitrogens with one attached hydrogen (secondary N) is 3. The lowest BCUT2D eigenvalue weighted by Gasteiger charge is -2.51. The van der Waals surface area contributed by atoms with Crippen LogP contribution in [-0.2, 0) is 85.4 Å². The van der Waals surface area contributed by atoms with Crippen molar-refractivity contribution in [2.45, 2.75) is 273 Å². The van der Waals surface area contributed by atoms with Crippen molar-refractivity contribution >= 4 is 17.7 Å². The molecular formula is C54H91N3O40. The highest BCUT2D eigenvalue weighted by Gasteiger charge is 2.59. The zero-order chi connectivity index (χ0) is 71.5. The van der Waals surface area contributed by atoms with Gasteiger partial charge in [0.15, 0.2) is 50.3 Å². The third kappa shape index (κ3) is 17.6. The smallest absolute Gasteiger partial charge is 0.217 e. The normalized spacial score (nSPS) is 49.9. The largest absolute Gasteiger partial charge is 0.394 e. The van der Waals surface area contributed by atoms with Gasteiger partial charge in [-0.05, 0) is 6.92 Å². The summed E-state index contributed by atoms with van der Waals surface area (Å²) >= 11 is 0. The van der Waals surface area contributed by atoms with E-state index in [0.717, 1.165) is 20.8 Å². The van der Waals surface area contributed by atoms with Gasteiger partial charge in [-0.2, -0.15) is 0 Å². The average Bonchev–Trinajstić information content (AvgIpc) is 0.777. The molecule has 25 N–H and O–H groups in total. The molecule has 562 valence electrons. The molecule has 8 heterocycles. The lowest BCUT2D eigenvalue weighted by atomic mass is 9.93. The topological polar surface area (TPSA) is 671 Å². The minimum absolute atomic E-state index is 0.805.